The lowest BCUT2D eigenvalue weighted by atomic mass is 9.89. The van der Waals surface area contributed by atoms with Crippen molar-refractivity contribution in [2.75, 3.05) is 20.8 Å². The number of benzene rings is 1. The van der Waals surface area contributed by atoms with Crippen molar-refractivity contribution in [3.05, 3.63) is 35.4 Å². The van der Waals surface area contributed by atoms with Crippen molar-refractivity contribution in [2.45, 2.75) is 51.1 Å². The molecule has 4 nitrogen and oxygen atoms in total. The molecule has 0 bridgehead atoms. The molecule has 1 atom stereocenters. The number of halogens is 1. The van der Waals surface area contributed by atoms with Gasteiger partial charge in [0.25, 0.3) is 5.91 Å². The van der Waals surface area contributed by atoms with E-state index in [9.17, 15) is 9.59 Å². The molecule has 26 heavy (non-hydrogen) atoms. The highest BCUT2D eigenvalue weighted by Crippen LogP contribution is 2.26. The van der Waals surface area contributed by atoms with E-state index in [0.29, 0.717) is 12.0 Å². The maximum atomic E-state index is 15.0. The fourth-order valence-corrected chi connectivity index (χ4v) is 3.00. The monoisotopic (exact) mass is 358 g/mol. The first-order chi connectivity index (χ1) is 12.3. The molecule has 2 rings (SSSR count). The van der Waals surface area contributed by atoms with Gasteiger partial charge in [0.1, 0.15) is 0 Å². The van der Waals surface area contributed by atoms with Gasteiger partial charge in [-0.3, -0.25) is 9.59 Å². The largest absolute Gasteiger partial charge is 0.328 e. The topological polar surface area (TPSA) is 40.6 Å². The zero-order chi connectivity index (χ0) is 19.2. The van der Waals surface area contributed by atoms with Crippen molar-refractivity contribution in [2.24, 2.45) is 0 Å². The lowest BCUT2D eigenvalue weighted by Crippen LogP contribution is -2.39. The van der Waals surface area contributed by atoms with Crippen LogP contribution in [0.2, 0.25) is 0 Å². The quantitative estimate of drug-likeness (QED) is 0.598. The maximum Gasteiger partial charge on any atom is 0.255 e. The number of hydrogen-bond donors (Lipinski definition) is 0. The summed E-state index contributed by atoms with van der Waals surface area (Å²) < 4.78 is 15.0. The maximum absolute atomic E-state index is 15.0. The number of rotatable bonds is 5. The van der Waals surface area contributed by atoms with Gasteiger partial charge in [-0.25, -0.2) is 4.39 Å². The van der Waals surface area contributed by atoms with Gasteiger partial charge in [0.15, 0.2) is 5.67 Å². The first kappa shape index (κ1) is 20.0. The van der Waals surface area contributed by atoms with Crippen molar-refractivity contribution in [3.8, 4) is 11.8 Å². The van der Waals surface area contributed by atoms with E-state index in [4.69, 9.17) is 0 Å². The van der Waals surface area contributed by atoms with Crippen molar-refractivity contribution < 1.29 is 14.0 Å². The van der Waals surface area contributed by atoms with Crippen LogP contribution in [0.5, 0.6) is 0 Å². The van der Waals surface area contributed by atoms with Crippen LogP contribution in [0.15, 0.2) is 24.3 Å². The molecule has 0 spiro atoms. The molecule has 1 unspecified atom stereocenters. The Hall–Kier alpha value is -2.35. The van der Waals surface area contributed by atoms with Crippen LogP contribution in [0.3, 0.4) is 0 Å². The summed E-state index contributed by atoms with van der Waals surface area (Å²) in [4.78, 5) is 26.7. The second-order valence-electron chi connectivity index (χ2n) is 7.06. The summed E-state index contributed by atoms with van der Waals surface area (Å²) in [6.07, 6.45) is 4.40. The van der Waals surface area contributed by atoms with Gasteiger partial charge in [-0.15, -0.1) is 0 Å². The third kappa shape index (κ3) is 5.59. The lowest BCUT2D eigenvalue weighted by molar-refractivity contribution is -0.128. The first-order valence-electron chi connectivity index (χ1n) is 9.06. The number of nitrogens with zero attached hydrogens (tertiary/aromatic N) is 2. The molecule has 140 valence electrons. The van der Waals surface area contributed by atoms with E-state index in [1.54, 1.807) is 38.4 Å². The Morgan fingerprint density at radius 3 is 2.46 bits per heavy atom. The molecule has 1 aromatic carbocycles. The summed E-state index contributed by atoms with van der Waals surface area (Å²) in [7, 11) is 3.29. The molecular weight excluding hydrogens is 331 g/mol. The minimum Gasteiger partial charge on any atom is -0.328 e. The number of alkyl halides is 1. The Morgan fingerprint density at radius 1 is 1.12 bits per heavy atom. The van der Waals surface area contributed by atoms with Gasteiger partial charge in [0.2, 0.25) is 5.91 Å². The summed E-state index contributed by atoms with van der Waals surface area (Å²) >= 11 is 0. The number of carbonyl (C=O) groups is 2. The summed E-state index contributed by atoms with van der Waals surface area (Å²) in [6.45, 7) is 1.68. The molecular formula is C21H27FN2O2. The van der Waals surface area contributed by atoms with Crippen LogP contribution in [0, 0.1) is 11.8 Å². The fourth-order valence-electron chi connectivity index (χ4n) is 3.00. The highest BCUT2D eigenvalue weighted by molar-refractivity contribution is 5.94. The van der Waals surface area contributed by atoms with Crippen LogP contribution in [0.4, 0.5) is 4.39 Å². The van der Waals surface area contributed by atoms with E-state index < -0.39 is 5.67 Å². The number of hydrogen-bond acceptors (Lipinski definition) is 2. The Kier molecular flexibility index (Phi) is 6.79. The Morgan fingerprint density at radius 2 is 1.81 bits per heavy atom. The smallest absolute Gasteiger partial charge is 0.255 e. The van der Waals surface area contributed by atoms with Gasteiger partial charge in [0, 0.05) is 39.4 Å². The molecule has 0 aliphatic heterocycles. The van der Waals surface area contributed by atoms with Gasteiger partial charge in [-0.2, -0.15) is 0 Å². The summed E-state index contributed by atoms with van der Waals surface area (Å²) in [5.41, 5.74) is -0.125. The van der Waals surface area contributed by atoms with E-state index in [2.05, 4.69) is 11.8 Å². The SMILES string of the molecule is CC(=O)N(C)CN(C)C(=O)c1ccc(CC2(F)C#CCCCCC2)cc1. The zero-order valence-electron chi connectivity index (χ0n) is 15.8. The van der Waals surface area contributed by atoms with Gasteiger partial charge in [-0.1, -0.05) is 30.4 Å². The summed E-state index contributed by atoms with van der Waals surface area (Å²) in [5, 5.41) is 0. The van der Waals surface area contributed by atoms with Crippen LogP contribution in [-0.4, -0.2) is 48.0 Å². The molecule has 2 amide bonds. The summed E-state index contributed by atoms with van der Waals surface area (Å²) in [5.74, 6) is 5.48. The van der Waals surface area contributed by atoms with Crippen molar-refractivity contribution in [1.82, 2.24) is 9.80 Å². The minimum absolute atomic E-state index is 0.103. The van der Waals surface area contributed by atoms with E-state index in [1.807, 2.05) is 0 Å². The van der Waals surface area contributed by atoms with E-state index in [0.717, 1.165) is 31.2 Å². The van der Waals surface area contributed by atoms with Crippen molar-refractivity contribution in [3.63, 3.8) is 0 Å². The highest BCUT2D eigenvalue weighted by Gasteiger charge is 2.27. The normalized spacial score (nSPS) is 19.5. The molecule has 0 aromatic heterocycles. The van der Waals surface area contributed by atoms with Crippen LogP contribution in [-0.2, 0) is 11.2 Å². The lowest BCUT2D eigenvalue weighted by Gasteiger charge is -2.24. The molecule has 0 N–H and O–H groups in total. The van der Waals surface area contributed by atoms with Crippen LogP contribution in [0.25, 0.3) is 0 Å². The van der Waals surface area contributed by atoms with Crippen LogP contribution >= 0.6 is 0 Å². The van der Waals surface area contributed by atoms with Crippen LogP contribution < -0.4 is 0 Å². The third-order valence-corrected chi connectivity index (χ3v) is 4.68. The van der Waals surface area contributed by atoms with E-state index in [-0.39, 0.29) is 24.9 Å². The predicted octanol–water partition coefficient (Wildman–Crippen LogP) is 3.41. The molecule has 5 heteroatoms. The van der Waals surface area contributed by atoms with Gasteiger partial charge in [0.05, 0.1) is 6.67 Å². The van der Waals surface area contributed by atoms with Gasteiger partial charge >= 0.3 is 0 Å². The first-order valence-corrected chi connectivity index (χ1v) is 9.06. The predicted molar refractivity (Wildman–Crippen MR) is 100 cm³/mol. The Labute approximate surface area is 155 Å². The average molecular weight is 358 g/mol. The molecule has 1 aromatic rings. The Balaban J connectivity index is 2.03. The van der Waals surface area contributed by atoms with Gasteiger partial charge < -0.3 is 9.80 Å². The second kappa shape index (κ2) is 8.84. The average Bonchev–Trinajstić information content (AvgIpc) is 2.58. The molecule has 0 radical (unpaired) electrons. The second-order valence-corrected chi connectivity index (χ2v) is 7.06. The molecule has 1 aliphatic rings. The minimum atomic E-state index is -1.48. The number of carbonyl (C=O) groups excluding carboxylic acids is 2. The third-order valence-electron chi connectivity index (χ3n) is 4.68. The van der Waals surface area contributed by atoms with E-state index in [1.165, 1.54) is 16.7 Å². The van der Waals surface area contributed by atoms with Gasteiger partial charge in [-0.05, 0) is 37.0 Å². The fraction of sp³-hybridized carbons (Fsp3) is 0.524. The van der Waals surface area contributed by atoms with Crippen LogP contribution in [0.1, 0.15) is 54.9 Å². The molecule has 0 heterocycles. The molecule has 0 saturated heterocycles. The molecule has 0 saturated carbocycles. The van der Waals surface area contributed by atoms with Crippen molar-refractivity contribution in [1.29, 1.82) is 0 Å². The summed E-state index contributed by atoms with van der Waals surface area (Å²) in [6, 6.07) is 7.00. The standard InChI is InChI=1S/C21H27FN2O2/c1-17(25)23(2)16-24(3)20(26)19-11-9-18(10-12-19)15-21(22)13-7-5-4-6-8-14-21/h9-12H,4-7,13,15-16H2,1-3H3. The van der Waals surface area contributed by atoms with E-state index >= 15 is 4.39 Å². The highest BCUT2D eigenvalue weighted by atomic mass is 19.1. The van der Waals surface area contributed by atoms with Crippen molar-refractivity contribution >= 4 is 11.8 Å². The molecule has 1 aliphatic carbocycles. The zero-order valence-corrected chi connectivity index (χ0v) is 15.8. The number of amides is 2. The molecule has 0 fully saturated rings. The Bertz CT molecular complexity index is 705.